The fourth-order valence-corrected chi connectivity index (χ4v) is 1.76. The fraction of sp³-hybridized carbons (Fsp3) is 0.818. The molecule has 1 fully saturated rings. The fourth-order valence-electron chi connectivity index (χ4n) is 1.76. The number of rotatable bonds is 3. The number of carbonyl (C=O) groups is 2. The van der Waals surface area contributed by atoms with Gasteiger partial charge in [0, 0.05) is 0 Å². The monoisotopic (exact) mass is 229 g/mol. The Bertz CT molecular complexity index is 289. The summed E-state index contributed by atoms with van der Waals surface area (Å²) in [4.78, 5) is 22.2. The lowest BCUT2D eigenvalue weighted by Gasteiger charge is -2.41. The average Bonchev–Trinajstić information content (AvgIpc) is 1.95. The molecule has 0 aromatic carbocycles. The van der Waals surface area contributed by atoms with Gasteiger partial charge in [0.25, 0.3) is 0 Å². The first-order valence-electron chi connectivity index (χ1n) is 5.45. The highest BCUT2D eigenvalue weighted by atomic mass is 16.6. The molecule has 92 valence electrons. The standard InChI is InChI=1S/C11H19NO4/c1-10(2,3)16-9(15)12-11(5-4-6-11)7-8(13)14/h4-7H2,1-3H3,(H,12,15)(H,13,14). The second-order valence-corrected chi connectivity index (χ2v) is 5.33. The summed E-state index contributed by atoms with van der Waals surface area (Å²) >= 11 is 0. The van der Waals surface area contributed by atoms with Crippen LogP contribution in [0.4, 0.5) is 4.79 Å². The molecule has 1 aliphatic rings. The molecule has 0 radical (unpaired) electrons. The van der Waals surface area contributed by atoms with E-state index in [0.29, 0.717) is 12.8 Å². The minimum Gasteiger partial charge on any atom is -0.481 e. The van der Waals surface area contributed by atoms with Gasteiger partial charge in [0.05, 0.1) is 12.0 Å². The van der Waals surface area contributed by atoms with Crippen LogP contribution in [-0.4, -0.2) is 28.3 Å². The first-order valence-corrected chi connectivity index (χ1v) is 5.45. The zero-order chi connectivity index (χ0) is 12.4. The molecule has 2 N–H and O–H groups in total. The van der Waals surface area contributed by atoms with Crippen molar-refractivity contribution in [2.75, 3.05) is 0 Å². The molecular formula is C11H19NO4. The molecule has 0 saturated heterocycles. The van der Waals surface area contributed by atoms with E-state index in [1.807, 2.05) is 0 Å². The van der Waals surface area contributed by atoms with E-state index in [4.69, 9.17) is 9.84 Å². The Balaban J connectivity index is 2.50. The second-order valence-electron chi connectivity index (χ2n) is 5.33. The highest BCUT2D eigenvalue weighted by molar-refractivity contribution is 5.73. The maximum atomic E-state index is 11.5. The second kappa shape index (κ2) is 4.31. The van der Waals surface area contributed by atoms with Crippen molar-refractivity contribution in [1.29, 1.82) is 0 Å². The van der Waals surface area contributed by atoms with E-state index in [1.54, 1.807) is 20.8 Å². The lowest BCUT2D eigenvalue weighted by Crippen LogP contribution is -2.55. The molecule has 0 aliphatic heterocycles. The third-order valence-electron chi connectivity index (χ3n) is 2.57. The van der Waals surface area contributed by atoms with E-state index >= 15 is 0 Å². The van der Waals surface area contributed by atoms with Crippen molar-refractivity contribution in [2.24, 2.45) is 0 Å². The maximum absolute atomic E-state index is 11.5. The summed E-state index contributed by atoms with van der Waals surface area (Å²) in [6.07, 6.45) is 1.79. The first-order chi connectivity index (χ1) is 7.22. The van der Waals surface area contributed by atoms with Gasteiger partial charge in [-0.25, -0.2) is 4.79 Å². The molecule has 0 atom stereocenters. The molecule has 0 aromatic heterocycles. The van der Waals surface area contributed by atoms with Gasteiger partial charge in [-0.3, -0.25) is 4.79 Å². The molecule has 1 aliphatic carbocycles. The van der Waals surface area contributed by atoms with Crippen molar-refractivity contribution in [1.82, 2.24) is 5.32 Å². The third kappa shape index (κ3) is 3.72. The number of ether oxygens (including phenoxy) is 1. The van der Waals surface area contributed by atoms with Crippen LogP contribution in [-0.2, 0) is 9.53 Å². The van der Waals surface area contributed by atoms with Crippen LogP contribution in [0.15, 0.2) is 0 Å². The number of carbonyl (C=O) groups excluding carboxylic acids is 1. The average molecular weight is 229 g/mol. The van der Waals surface area contributed by atoms with Crippen LogP contribution < -0.4 is 5.32 Å². The van der Waals surface area contributed by atoms with E-state index in [-0.39, 0.29) is 6.42 Å². The number of nitrogens with one attached hydrogen (secondary N) is 1. The number of aliphatic carboxylic acids is 1. The predicted molar refractivity (Wildman–Crippen MR) is 58.2 cm³/mol. The number of alkyl carbamates (subject to hydrolysis) is 1. The van der Waals surface area contributed by atoms with E-state index in [9.17, 15) is 9.59 Å². The maximum Gasteiger partial charge on any atom is 0.408 e. The quantitative estimate of drug-likeness (QED) is 0.775. The molecule has 5 nitrogen and oxygen atoms in total. The minimum atomic E-state index is -0.893. The van der Waals surface area contributed by atoms with Gasteiger partial charge >= 0.3 is 12.1 Å². The summed E-state index contributed by atoms with van der Waals surface area (Å²) < 4.78 is 5.11. The molecule has 1 saturated carbocycles. The lowest BCUT2D eigenvalue weighted by molar-refractivity contribution is -0.139. The number of hydrogen-bond donors (Lipinski definition) is 2. The van der Waals surface area contributed by atoms with Gasteiger partial charge in [0.15, 0.2) is 0 Å². The van der Waals surface area contributed by atoms with Crippen molar-refractivity contribution in [3.63, 3.8) is 0 Å². The van der Waals surface area contributed by atoms with Crippen molar-refractivity contribution in [3.05, 3.63) is 0 Å². The van der Waals surface area contributed by atoms with Gasteiger partial charge in [-0.05, 0) is 40.0 Å². The Kier molecular flexibility index (Phi) is 3.45. The van der Waals surface area contributed by atoms with Crippen LogP contribution >= 0.6 is 0 Å². The molecule has 0 spiro atoms. The molecule has 0 heterocycles. The van der Waals surface area contributed by atoms with Gasteiger partial charge in [0.2, 0.25) is 0 Å². The Hall–Kier alpha value is -1.26. The minimum absolute atomic E-state index is 0.0355. The summed E-state index contributed by atoms with van der Waals surface area (Å²) in [6, 6.07) is 0. The summed E-state index contributed by atoms with van der Waals surface area (Å²) in [5.74, 6) is -0.893. The lowest BCUT2D eigenvalue weighted by atomic mass is 9.74. The van der Waals surface area contributed by atoms with Gasteiger partial charge in [-0.1, -0.05) is 0 Å². The van der Waals surface area contributed by atoms with E-state index in [0.717, 1.165) is 6.42 Å². The predicted octanol–water partition coefficient (Wildman–Crippen LogP) is 1.91. The van der Waals surface area contributed by atoms with Crippen LogP contribution in [0.3, 0.4) is 0 Å². The Labute approximate surface area is 95.2 Å². The van der Waals surface area contributed by atoms with E-state index < -0.39 is 23.2 Å². The molecule has 0 unspecified atom stereocenters. The van der Waals surface area contributed by atoms with Crippen LogP contribution in [0.1, 0.15) is 46.5 Å². The normalized spacial score (nSPS) is 18.4. The molecule has 0 bridgehead atoms. The van der Waals surface area contributed by atoms with Gasteiger partial charge in [-0.15, -0.1) is 0 Å². The SMILES string of the molecule is CC(C)(C)OC(=O)NC1(CC(=O)O)CCC1. The summed E-state index contributed by atoms with van der Waals surface area (Å²) in [5, 5.41) is 11.4. The molecule has 16 heavy (non-hydrogen) atoms. The largest absolute Gasteiger partial charge is 0.481 e. The zero-order valence-electron chi connectivity index (χ0n) is 10.0. The molecule has 0 aromatic rings. The van der Waals surface area contributed by atoms with Gasteiger partial charge < -0.3 is 15.2 Å². The Morgan fingerprint density at radius 1 is 1.38 bits per heavy atom. The number of carboxylic acid groups (broad SMARTS) is 1. The van der Waals surface area contributed by atoms with Crippen molar-refractivity contribution in [2.45, 2.75) is 57.6 Å². The number of carboxylic acids is 1. The van der Waals surface area contributed by atoms with Crippen LogP contribution in [0.5, 0.6) is 0 Å². The van der Waals surface area contributed by atoms with Crippen LogP contribution in [0.25, 0.3) is 0 Å². The van der Waals surface area contributed by atoms with E-state index in [1.165, 1.54) is 0 Å². The topological polar surface area (TPSA) is 75.6 Å². The van der Waals surface area contributed by atoms with Gasteiger partial charge in [0.1, 0.15) is 5.60 Å². The molecule has 5 heteroatoms. The highest BCUT2D eigenvalue weighted by Gasteiger charge is 2.41. The van der Waals surface area contributed by atoms with Crippen molar-refractivity contribution in [3.8, 4) is 0 Å². The third-order valence-corrected chi connectivity index (χ3v) is 2.57. The van der Waals surface area contributed by atoms with Gasteiger partial charge in [-0.2, -0.15) is 0 Å². The van der Waals surface area contributed by atoms with Crippen LogP contribution in [0.2, 0.25) is 0 Å². The van der Waals surface area contributed by atoms with Crippen LogP contribution in [0, 0.1) is 0 Å². The number of hydrogen-bond acceptors (Lipinski definition) is 3. The highest BCUT2D eigenvalue weighted by Crippen LogP contribution is 2.35. The number of amides is 1. The molecule has 1 amide bonds. The molecule has 1 rings (SSSR count). The summed E-state index contributed by atoms with van der Waals surface area (Å²) in [5.41, 5.74) is -1.15. The van der Waals surface area contributed by atoms with Crippen molar-refractivity contribution >= 4 is 12.1 Å². The first kappa shape index (κ1) is 12.8. The summed E-state index contributed by atoms with van der Waals surface area (Å²) in [7, 11) is 0. The zero-order valence-corrected chi connectivity index (χ0v) is 10.0. The summed E-state index contributed by atoms with van der Waals surface area (Å²) in [6.45, 7) is 5.33. The Morgan fingerprint density at radius 2 is 1.94 bits per heavy atom. The van der Waals surface area contributed by atoms with E-state index in [2.05, 4.69) is 5.32 Å². The Morgan fingerprint density at radius 3 is 2.25 bits per heavy atom. The van der Waals surface area contributed by atoms with Crippen molar-refractivity contribution < 1.29 is 19.4 Å². The smallest absolute Gasteiger partial charge is 0.408 e. The molecular weight excluding hydrogens is 210 g/mol.